The van der Waals surface area contributed by atoms with Crippen molar-refractivity contribution in [1.29, 1.82) is 0 Å². The molecule has 0 spiro atoms. The van der Waals surface area contributed by atoms with Gasteiger partial charge in [0.15, 0.2) is 0 Å². The van der Waals surface area contributed by atoms with E-state index in [0.717, 1.165) is 0 Å². The van der Waals surface area contributed by atoms with Gasteiger partial charge in [0.25, 0.3) is 0 Å². The van der Waals surface area contributed by atoms with E-state index < -0.39 is 35.1 Å². The number of carbonyl (C=O) groups is 3. The predicted molar refractivity (Wildman–Crippen MR) is 41.3 cm³/mol. The molecule has 4 fully saturated rings. The number of hydrogen-bond acceptors (Lipinski definition) is 3. The molecule has 2 unspecified atom stereocenters. The zero-order valence-corrected chi connectivity index (χ0v) is 7.14. The molecule has 0 aromatic heterocycles. The molecule has 4 rings (SSSR count). The maximum absolute atomic E-state index is 11.5. The van der Waals surface area contributed by atoms with Crippen molar-refractivity contribution in [2.24, 2.45) is 29.1 Å². The van der Waals surface area contributed by atoms with Gasteiger partial charge in [0, 0.05) is 11.8 Å². The quantitative estimate of drug-likeness (QED) is 0.627. The molecule has 5 nitrogen and oxygen atoms in total. The van der Waals surface area contributed by atoms with Gasteiger partial charge in [-0.2, -0.15) is 0 Å². The Morgan fingerprint density at radius 3 is 2.29 bits per heavy atom. The van der Waals surface area contributed by atoms with Gasteiger partial charge in [-0.1, -0.05) is 0 Å². The Bertz CT molecular complexity index is 383. The average molecular weight is 196 g/mol. The standard InChI is InChI=1S/C9H8O5/c10-6-2-1-3-5(6)9(3,8(13)14)4(2)7(11)12/h2-5H,1H2,(H,11,12)(H,13,14)/t2-,3-,4+,5?,9?/m1/s1. The second-order valence-electron chi connectivity index (χ2n) is 4.38. The number of hydrogen-bond donors (Lipinski definition) is 2. The minimum absolute atomic E-state index is 0.134. The van der Waals surface area contributed by atoms with Crippen LogP contribution in [0.5, 0.6) is 0 Å². The van der Waals surface area contributed by atoms with Crippen molar-refractivity contribution in [2.45, 2.75) is 6.42 Å². The maximum Gasteiger partial charge on any atom is 0.311 e. The summed E-state index contributed by atoms with van der Waals surface area (Å²) in [4.78, 5) is 33.4. The first-order valence-corrected chi connectivity index (χ1v) is 4.52. The summed E-state index contributed by atoms with van der Waals surface area (Å²) in [5.74, 6) is -4.56. The highest BCUT2D eigenvalue weighted by atomic mass is 16.4. The average Bonchev–Trinajstić information content (AvgIpc) is 2.39. The van der Waals surface area contributed by atoms with Crippen molar-refractivity contribution in [1.82, 2.24) is 0 Å². The molecule has 2 N–H and O–H groups in total. The van der Waals surface area contributed by atoms with Crippen LogP contribution in [0.2, 0.25) is 0 Å². The number of carbonyl (C=O) groups excluding carboxylic acids is 1. The van der Waals surface area contributed by atoms with E-state index >= 15 is 0 Å². The van der Waals surface area contributed by atoms with Gasteiger partial charge >= 0.3 is 11.9 Å². The first kappa shape index (κ1) is 7.96. The summed E-state index contributed by atoms with van der Waals surface area (Å²) in [7, 11) is 0. The summed E-state index contributed by atoms with van der Waals surface area (Å²) in [6.07, 6.45) is 0.465. The van der Waals surface area contributed by atoms with Crippen molar-refractivity contribution in [2.75, 3.05) is 0 Å². The SMILES string of the molecule is O=C(O)[C@@H]1[C@H]2C[C@@H]3C(C2=O)C31C(=O)O. The highest BCUT2D eigenvalue weighted by Gasteiger charge is 2.89. The van der Waals surface area contributed by atoms with E-state index in [-0.39, 0.29) is 11.7 Å². The van der Waals surface area contributed by atoms with Gasteiger partial charge in [0.1, 0.15) is 5.78 Å². The van der Waals surface area contributed by atoms with Crippen molar-refractivity contribution >= 4 is 17.7 Å². The molecular weight excluding hydrogens is 188 g/mol. The van der Waals surface area contributed by atoms with Gasteiger partial charge in [-0.05, 0) is 12.3 Å². The van der Waals surface area contributed by atoms with Crippen LogP contribution in [0.4, 0.5) is 0 Å². The van der Waals surface area contributed by atoms with Crippen LogP contribution in [0.15, 0.2) is 0 Å². The van der Waals surface area contributed by atoms with E-state index in [1.165, 1.54) is 0 Å². The summed E-state index contributed by atoms with van der Waals surface area (Å²) < 4.78 is 0. The van der Waals surface area contributed by atoms with Gasteiger partial charge in [0.05, 0.1) is 11.3 Å². The Hall–Kier alpha value is -1.39. The largest absolute Gasteiger partial charge is 0.481 e. The summed E-state index contributed by atoms with van der Waals surface area (Å²) in [5.41, 5.74) is -1.23. The van der Waals surface area contributed by atoms with Crippen LogP contribution in [-0.4, -0.2) is 27.9 Å². The van der Waals surface area contributed by atoms with Gasteiger partial charge in [-0.25, -0.2) is 0 Å². The highest BCUT2D eigenvalue weighted by molar-refractivity contribution is 6.08. The zero-order valence-electron chi connectivity index (χ0n) is 7.14. The molecule has 4 saturated carbocycles. The van der Waals surface area contributed by atoms with Crippen LogP contribution in [0, 0.1) is 29.1 Å². The summed E-state index contributed by atoms with van der Waals surface area (Å²) in [6.45, 7) is 0. The first-order chi connectivity index (χ1) is 6.52. The molecule has 0 aromatic rings. The van der Waals surface area contributed by atoms with E-state index in [0.29, 0.717) is 6.42 Å². The number of carboxylic acid groups (broad SMARTS) is 2. The molecule has 74 valence electrons. The molecule has 0 amide bonds. The lowest BCUT2D eigenvalue weighted by Gasteiger charge is -2.13. The normalized spacial score (nSPS) is 52.1. The van der Waals surface area contributed by atoms with Crippen molar-refractivity contribution < 1.29 is 24.6 Å². The Labute approximate surface area is 78.7 Å². The Morgan fingerprint density at radius 2 is 2.00 bits per heavy atom. The third-order valence-electron chi connectivity index (χ3n) is 4.15. The third-order valence-corrected chi connectivity index (χ3v) is 4.15. The number of ketones is 1. The van der Waals surface area contributed by atoms with E-state index in [2.05, 4.69) is 0 Å². The summed E-state index contributed by atoms with van der Waals surface area (Å²) in [5, 5.41) is 18.0. The first-order valence-electron chi connectivity index (χ1n) is 4.52. The molecule has 5 heteroatoms. The van der Waals surface area contributed by atoms with Gasteiger partial charge in [-0.15, -0.1) is 0 Å². The molecule has 4 aliphatic rings. The van der Waals surface area contributed by atoms with Gasteiger partial charge in [0.2, 0.25) is 0 Å². The molecular formula is C9H8O5. The highest BCUT2D eigenvalue weighted by Crippen LogP contribution is 2.79. The Kier molecular flexibility index (Phi) is 1.05. The third kappa shape index (κ3) is 0.492. The van der Waals surface area contributed by atoms with Crippen LogP contribution in [0.1, 0.15) is 6.42 Å². The van der Waals surface area contributed by atoms with E-state index in [1.54, 1.807) is 0 Å². The number of Topliss-reactive ketones (excluding diaryl/α,β-unsaturated/α-hetero) is 1. The van der Waals surface area contributed by atoms with E-state index in [1.807, 2.05) is 0 Å². The molecule has 4 aliphatic carbocycles. The van der Waals surface area contributed by atoms with E-state index in [4.69, 9.17) is 10.2 Å². The number of aliphatic carboxylic acids is 2. The summed E-state index contributed by atoms with van der Waals surface area (Å²) >= 11 is 0. The second kappa shape index (κ2) is 1.85. The van der Waals surface area contributed by atoms with Crippen LogP contribution in [-0.2, 0) is 14.4 Å². The lowest BCUT2D eigenvalue weighted by Crippen LogP contribution is -2.31. The smallest absolute Gasteiger partial charge is 0.311 e. The fourth-order valence-corrected chi connectivity index (χ4v) is 3.73. The Balaban J connectivity index is 2.13. The monoisotopic (exact) mass is 196 g/mol. The van der Waals surface area contributed by atoms with Crippen LogP contribution < -0.4 is 0 Å². The lowest BCUT2D eigenvalue weighted by molar-refractivity contribution is -0.155. The molecule has 14 heavy (non-hydrogen) atoms. The van der Waals surface area contributed by atoms with Gasteiger partial charge < -0.3 is 10.2 Å². The molecule has 0 aliphatic heterocycles. The molecule has 4 bridgehead atoms. The molecule has 0 saturated heterocycles. The fraction of sp³-hybridized carbons (Fsp3) is 0.667. The number of carboxylic acids is 2. The van der Waals surface area contributed by atoms with Gasteiger partial charge in [-0.3, -0.25) is 14.4 Å². The predicted octanol–water partition coefficient (Wildman–Crippen LogP) is -0.393. The summed E-state index contributed by atoms with van der Waals surface area (Å²) in [6, 6.07) is 0. The topological polar surface area (TPSA) is 91.7 Å². The van der Waals surface area contributed by atoms with Crippen LogP contribution >= 0.6 is 0 Å². The van der Waals surface area contributed by atoms with E-state index in [9.17, 15) is 14.4 Å². The lowest BCUT2D eigenvalue weighted by atomic mass is 9.89. The Morgan fingerprint density at radius 1 is 1.36 bits per heavy atom. The number of rotatable bonds is 2. The van der Waals surface area contributed by atoms with Crippen LogP contribution in [0.25, 0.3) is 0 Å². The zero-order chi connectivity index (χ0) is 10.2. The van der Waals surface area contributed by atoms with Crippen molar-refractivity contribution in [3.8, 4) is 0 Å². The minimum atomic E-state index is -1.23. The molecule has 0 heterocycles. The fourth-order valence-electron chi connectivity index (χ4n) is 3.73. The molecule has 0 radical (unpaired) electrons. The van der Waals surface area contributed by atoms with Crippen molar-refractivity contribution in [3.05, 3.63) is 0 Å². The minimum Gasteiger partial charge on any atom is -0.481 e. The van der Waals surface area contributed by atoms with Crippen LogP contribution in [0.3, 0.4) is 0 Å². The second-order valence-corrected chi connectivity index (χ2v) is 4.38. The van der Waals surface area contributed by atoms with Crippen molar-refractivity contribution in [3.63, 3.8) is 0 Å². The maximum atomic E-state index is 11.5. The molecule has 5 atom stereocenters. The molecule has 0 aromatic carbocycles.